The molecular weight excluding hydrogens is 276 g/mol. The van der Waals surface area contributed by atoms with E-state index in [2.05, 4.69) is 17.2 Å². The smallest absolute Gasteiger partial charge is 0.237 e. The number of carbonyl (C=O) groups is 2. The van der Waals surface area contributed by atoms with Crippen molar-refractivity contribution in [2.24, 2.45) is 5.92 Å². The molecule has 1 atom stereocenters. The summed E-state index contributed by atoms with van der Waals surface area (Å²) >= 11 is 0. The summed E-state index contributed by atoms with van der Waals surface area (Å²) in [6.45, 7) is 1.58. The van der Waals surface area contributed by atoms with Crippen LogP contribution in [0.4, 0.5) is 11.4 Å². The van der Waals surface area contributed by atoms with Crippen molar-refractivity contribution in [3.8, 4) is 24.7 Å². The van der Waals surface area contributed by atoms with Gasteiger partial charge in [0.2, 0.25) is 5.91 Å². The first-order valence-electron chi connectivity index (χ1n) is 6.85. The molecule has 0 bridgehead atoms. The third kappa shape index (κ3) is 3.02. The first-order chi connectivity index (χ1) is 10.6. The predicted molar refractivity (Wildman–Crippen MR) is 87.0 cm³/mol. The number of ketones is 1. The Hall–Kier alpha value is -2.98. The molecule has 1 aromatic rings. The summed E-state index contributed by atoms with van der Waals surface area (Å²) < 4.78 is 0. The Bertz CT molecular complexity index is 719. The number of hydrogen-bond donors (Lipinski definition) is 1. The lowest BCUT2D eigenvalue weighted by atomic mass is 9.99. The minimum atomic E-state index is -0.616. The summed E-state index contributed by atoms with van der Waals surface area (Å²) in [5.41, 5.74) is 1.90. The number of fused-ring (bicyclic) bond motifs is 1. The highest BCUT2D eigenvalue weighted by atomic mass is 16.2. The normalized spacial score (nSPS) is 18.7. The quantitative estimate of drug-likeness (QED) is 0.686. The summed E-state index contributed by atoms with van der Waals surface area (Å²) in [5, 5.41) is 3.16. The van der Waals surface area contributed by atoms with E-state index in [1.165, 1.54) is 17.9 Å². The average molecular weight is 292 g/mol. The van der Waals surface area contributed by atoms with Crippen LogP contribution >= 0.6 is 0 Å². The van der Waals surface area contributed by atoms with Crippen LogP contribution in [0.15, 0.2) is 36.0 Å². The molecule has 1 aliphatic rings. The zero-order valence-electron chi connectivity index (χ0n) is 12.3. The molecule has 1 aliphatic heterocycles. The SMILES string of the molecule is C#CC[C@@H]1C(=O)N(CC#C)c2ccccc2N/C1=C\C(C)=O. The Morgan fingerprint density at radius 1 is 1.36 bits per heavy atom. The van der Waals surface area contributed by atoms with Crippen molar-refractivity contribution >= 4 is 23.1 Å². The number of nitrogens with zero attached hydrogens (tertiary/aromatic N) is 1. The summed E-state index contributed by atoms with van der Waals surface area (Å²) in [4.78, 5) is 25.8. The molecule has 0 radical (unpaired) electrons. The van der Waals surface area contributed by atoms with E-state index in [0.717, 1.165) is 5.69 Å². The molecular formula is C18H16N2O2. The van der Waals surface area contributed by atoms with Gasteiger partial charge in [-0.05, 0) is 19.1 Å². The van der Waals surface area contributed by atoms with Gasteiger partial charge < -0.3 is 5.32 Å². The van der Waals surface area contributed by atoms with E-state index in [9.17, 15) is 9.59 Å². The van der Waals surface area contributed by atoms with Crippen LogP contribution in [0.2, 0.25) is 0 Å². The van der Waals surface area contributed by atoms with Crippen LogP contribution in [0.5, 0.6) is 0 Å². The van der Waals surface area contributed by atoms with Crippen LogP contribution in [0.1, 0.15) is 13.3 Å². The largest absolute Gasteiger partial charge is 0.356 e. The fourth-order valence-electron chi connectivity index (χ4n) is 2.42. The topological polar surface area (TPSA) is 49.4 Å². The van der Waals surface area contributed by atoms with Crippen molar-refractivity contribution in [2.75, 3.05) is 16.8 Å². The van der Waals surface area contributed by atoms with Crippen molar-refractivity contribution < 1.29 is 9.59 Å². The maximum Gasteiger partial charge on any atom is 0.237 e. The Morgan fingerprint density at radius 2 is 2.09 bits per heavy atom. The monoisotopic (exact) mass is 292 g/mol. The fourth-order valence-corrected chi connectivity index (χ4v) is 2.42. The van der Waals surface area contributed by atoms with Gasteiger partial charge in [-0.2, -0.15) is 0 Å². The van der Waals surface area contributed by atoms with E-state index in [1.54, 1.807) is 6.07 Å². The second-order valence-electron chi connectivity index (χ2n) is 4.94. The number of rotatable bonds is 3. The number of nitrogens with one attached hydrogen (secondary N) is 1. The standard InChI is InChI=1S/C18H16N2O2/c1-4-8-14-16(12-13(3)21)19-15-9-6-7-10-17(15)20(11-5-2)18(14)22/h1-2,6-7,9-10,12,14,19H,8,11H2,3H3/b16-12-/t14-/m0/s1. The maximum atomic E-state index is 12.8. The molecule has 0 aliphatic carbocycles. The summed E-state index contributed by atoms with van der Waals surface area (Å²) in [5.74, 6) is 4.01. The third-order valence-electron chi connectivity index (χ3n) is 3.34. The van der Waals surface area contributed by atoms with E-state index in [1.807, 2.05) is 18.2 Å². The van der Waals surface area contributed by atoms with Crippen LogP contribution in [-0.2, 0) is 9.59 Å². The highest BCUT2D eigenvalue weighted by Gasteiger charge is 2.32. The minimum absolute atomic E-state index is 0.145. The lowest BCUT2D eigenvalue weighted by Gasteiger charge is -2.22. The van der Waals surface area contributed by atoms with Gasteiger partial charge >= 0.3 is 0 Å². The predicted octanol–water partition coefficient (Wildman–Crippen LogP) is 2.19. The highest BCUT2D eigenvalue weighted by Crippen LogP contribution is 2.34. The molecule has 22 heavy (non-hydrogen) atoms. The van der Waals surface area contributed by atoms with Crippen molar-refractivity contribution in [1.82, 2.24) is 0 Å². The van der Waals surface area contributed by atoms with Crippen molar-refractivity contribution in [3.05, 3.63) is 36.0 Å². The third-order valence-corrected chi connectivity index (χ3v) is 3.34. The van der Waals surface area contributed by atoms with Crippen molar-refractivity contribution in [1.29, 1.82) is 0 Å². The number of para-hydroxylation sites is 2. The highest BCUT2D eigenvalue weighted by molar-refractivity contribution is 6.03. The van der Waals surface area contributed by atoms with Crippen LogP contribution in [0.25, 0.3) is 0 Å². The molecule has 4 heteroatoms. The number of hydrogen-bond acceptors (Lipinski definition) is 3. The van der Waals surface area contributed by atoms with Crippen molar-refractivity contribution in [2.45, 2.75) is 13.3 Å². The van der Waals surface area contributed by atoms with Gasteiger partial charge in [-0.3, -0.25) is 14.5 Å². The number of terminal acetylenes is 2. The number of allylic oxidation sites excluding steroid dienone is 1. The van der Waals surface area contributed by atoms with Crippen LogP contribution < -0.4 is 10.2 Å². The Balaban J connectivity index is 2.60. The first kappa shape index (κ1) is 15.4. The lowest BCUT2D eigenvalue weighted by Crippen LogP contribution is -2.36. The molecule has 0 saturated carbocycles. The van der Waals surface area contributed by atoms with Gasteiger partial charge in [0.05, 0.1) is 23.8 Å². The average Bonchev–Trinajstić information content (AvgIpc) is 2.58. The number of carbonyl (C=O) groups excluding carboxylic acids is 2. The molecule has 0 saturated heterocycles. The Labute approximate surface area is 130 Å². The first-order valence-corrected chi connectivity index (χ1v) is 6.85. The van der Waals surface area contributed by atoms with Gasteiger partial charge in [-0.15, -0.1) is 18.8 Å². The van der Waals surface area contributed by atoms with Crippen LogP contribution in [0, 0.1) is 30.6 Å². The number of benzene rings is 1. The number of amides is 1. The fraction of sp³-hybridized carbons (Fsp3) is 0.222. The van der Waals surface area contributed by atoms with Crippen LogP contribution in [0.3, 0.4) is 0 Å². The number of anilines is 2. The molecule has 4 nitrogen and oxygen atoms in total. The van der Waals surface area contributed by atoms with Gasteiger partial charge in [0.25, 0.3) is 0 Å². The molecule has 1 amide bonds. The van der Waals surface area contributed by atoms with Gasteiger partial charge in [0, 0.05) is 18.2 Å². The zero-order chi connectivity index (χ0) is 16.1. The minimum Gasteiger partial charge on any atom is -0.356 e. The van der Waals surface area contributed by atoms with Gasteiger partial charge in [-0.1, -0.05) is 18.1 Å². The van der Waals surface area contributed by atoms with E-state index >= 15 is 0 Å². The molecule has 110 valence electrons. The van der Waals surface area contributed by atoms with E-state index in [4.69, 9.17) is 12.8 Å². The van der Waals surface area contributed by atoms with Gasteiger partial charge in [0.15, 0.2) is 5.78 Å². The van der Waals surface area contributed by atoms with E-state index < -0.39 is 5.92 Å². The molecule has 1 aromatic carbocycles. The van der Waals surface area contributed by atoms with E-state index in [0.29, 0.717) is 11.4 Å². The summed E-state index contributed by atoms with van der Waals surface area (Å²) in [6.07, 6.45) is 12.4. The Kier molecular flexibility index (Phi) is 4.66. The van der Waals surface area contributed by atoms with Crippen molar-refractivity contribution in [3.63, 3.8) is 0 Å². The van der Waals surface area contributed by atoms with E-state index in [-0.39, 0.29) is 24.7 Å². The molecule has 2 rings (SSSR count). The molecule has 0 unspecified atom stereocenters. The zero-order valence-corrected chi connectivity index (χ0v) is 12.3. The van der Waals surface area contributed by atoms with Gasteiger partial charge in [-0.25, -0.2) is 0 Å². The Morgan fingerprint density at radius 3 is 2.73 bits per heavy atom. The molecule has 1 N–H and O–H groups in total. The van der Waals surface area contributed by atoms with Crippen LogP contribution in [-0.4, -0.2) is 18.2 Å². The summed E-state index contributed by atoms with van der Waals surface area (Å²) in [7, 11) is 0. The summed E-state index contributed by atoms with van der Waals surface area (Å²) in [6, 6.07) is 7.31. The lowest BCUT2D eigenvalue weighted by molar-refractivity contribution is -0.120. The second kappa shape index (κ2) is 6.65. The van der Waals surface area contributed by atoms with Gasteiger partial charge in [0.1, 0.15) is 0 Å². The molecule has 0 aromatic heterocycles. The second-order valence-corrected chi connectivity index (χ2v) is 4.94. The molecule has 0 fully saturated rings. The maximum absolute atomic E-state index is 12.8. The molecule has 1 heterocycles. The molecule has 0 spiro atoms.